The first-order valence-corrected chi connectivity index (χ1v) is 8.97. The molecule has 8 heteroatoms. The summed E-state index contributed by atoms with van der Waals surface area (Å²) in [5.74, 6) is -0.432. The molecule has 2 heterocycles. The standard InChI is InChI=1S/C21H19F3N4O/c1-2-3-14-11-17(25)16-10-15(6-7-18(16)27-14)28-20(29)9-5-13-4-8-19(26-12-13)21(22,23)24/h4-12H,2-3H2,1H3,(H2,25,27)(H,28,29). The van der Waals surface area contributed by atoms with Gasteiger partial charge in [0.1, 0.15) is 5.69 Å². The molecule has 0 radical (unpaired) electrons. The van der Waals surface area contributed by atoms with Crippen molar-refractivity contribution >= 4 is 34.3 Å². The molecule has 0 atom stereocenters. The number of pyridine rings is 2. The molecule has 1 aromatic carbocycles. The summed E-state index contributed by atoms with van der Waals surface area (Å²) in [6, 6.07) is 9.17. The number of amides is 1. The fourth-order valence-electron chi connectivity index (χ4n) is 2.80. The van der Waals surface area contributed by atoms with Gasteiger partial charge in [0, 0.05) is 34.7 Å². The summed E-state index contributed by atoms with van der Waals surface area (Å²) in [7, 11) is 0. The van der Waals surface area contributed by atoms with E-state index in [1.165, 1.54) is 18.2 Å². The number of halogens is 3. The highest BCUT2D eigenvalue weighted by atomic mass is 19.4. The second kappa shape index (κ2) is 8.30. The number of aryl methyl sites for hydroxylation is 1. The third-order valence-electron chi connectivity index (χ3n) is 4.17. The molecular formula is C21H19F3N4O. The van der Waals surface area contributed by atoms with Gasteiger partial charge in [0.15, 0.2) is 0 Å². The first-order chi connectivity index (χ1) is 13.8. The number of carbonyl (C=O) groups excluding carboxylic acids is 1. The number of alkyl halides is 3. The minimum absolute atomic E-state index is 0.378. The van der Waals surface area contributed by atoms with Crippen LogP contribution in [0.25, 0.3) is 17.0 Å². The van der Waals surface area contributed by atoms with Crippen LogP contribution in [-0.4, -0.2) is 15.9 Å². The Morgan fingerprint density at radius 3 is 2.66 bits per heavy atom. The molecule has 3 aromatic rings. The van der Waals surface area contributed by atoms with Crippen LogP contribution in [0.1, 0.15) is 30.3 Å². The number of nitrogens with two attached hydrogens (primary N) is 1. The number of hydrogen-bond acceptors (Lipinski definition) is 4. The highest BCUT2D eigenvalue weighted by molar-refractivity contribution is 6.03. The van der Waals surface area contributed by atoms with Crippen LogP contribution in [0.5, 0.6) is 0 Å². The van der Waals surface area contributed by atoms with Gasteiger partial charge in [-0.2, -0.15) is 13.2 Å². The van der Waals surface area contributed by atoms with Crippen LogP contribution in [0.3, 0.4) is 0 Å². The minimum Gasteiger partial charge on any atom is -0.398 e. The first kappa shape index (κ1) is 20.3. The molecule has 5 nitrogen and oxygen atoms in total. The molecule has 3 rings (SSSR count). The Bertz CT molecular complexity index is 1060. The molecule has 0 spiro atoms. The predicted octanol–water partition coefficient (Wildman–Crippen LogP) is 4.84. The number of carbonyl (C=O) groups is 1. The number of hydrogen-bond donors (Lipinski definition) is 2. The largest absolute Gasteiger partial charge is 0.433 e. The van der Waals surface area contributed by atoms with Gasteiger partial charge >= 0.3 is 6.18 Å². The number of rotatable bonds is 5. The molecule has 3 N–H and O–H groups in total. The maximum absolute atomic E-state index is 12.5. The number of nitrogens with zero attached hydrogens (tertiary/aromatic N) is 2. The highest BCUT2D eigenvalue weighted by Gasteiger charge is 2.31. The van der Waals surface area contributed by atoms with E-state index in [0.717, 1.165) is 41.7 Å². The number of aromatic nitrogens is 2. The second-order valence-electron chi connectivity index (χ2n) is 6.48. The molecule has 0 saturated carbocycles. The molecule has 0 aliphatic heterocycles. The van der Waals surface area contributed by atoms with Gasteiger partial charge in [-0.05, 0) is 48.4 Å². The highest BCUT2D eigenvalue weighted by Crippen LogP contribution is 2.27. The van der Waals surface area contributed by atoms with Crippen LogP contribution >= 0.6 is 0 Å². The van der Waals surface area contributed by atoms with Crippen molar-refractivity contribution in [1.29, 1.82) is 0 Å². The zero-order chi connectivity index (χ0) is 21.0. The van der Waals surface area contributed by atoms with Crippen molar-refractivity contribution in [2.24, 2.45) is 0 Å². The number of benzene rings is 1. The smallest absolute Gasteiger partial charge is 0.398 e. The number of fused-ring (bicyclic) bond motifs is 1. The lowest BCUT2D eigenvalue weighted by atomic mass is 10.1. The van der Waals surface area contributed by atoms with Gasteiger partial charge in [-0.3, -0.25) is 14.8 Å². The molecule has 0 aliphatic carbocycles. The van der Waals surface area contributed by atoms with Crippen LogP contribution in [0.15, 0.2) is 48.7 Å². The van der Waals surface area contributed by atoms with Gasteiger partial charge in [0.25, 0.3) is 0 Å². The second-order valence-corrected chi connectivity index (χ2v) is 6.48. The lowest BCUT2D eigenvalue weighted by Gasteiger charge is -2.08. The van der Waals surface area contributed by atoms with E-state index >= 15 is 0 Å². The van der Waals surface area contributed by atoms with Crippen molar-refractivity contribution in [1.82, 2.24) is 9.97 Å². The van der Waals surface area contributed by atoms with Crippen molar-refractivity contribution in [3.63, 3.8) is 0 Å². The maximum atomic E-state index is 12.5. The molecule has 2 aromatic heterocycles. The topological polar surface area (TPSA) is 80.9 Å². The van der Waals surface area contributed by atoms with Crippen molar-refractivity contribution < 1.29 is 18.0 Å². The van der Waals surface area contributed by atoms with Crippen LogP contribution < -0.4 is 11.1 Å². The Labute approximate surface area is 165 Å². The normalized spacial score (nSPS) is 11.9. The van der Waals surface area contributed by atoms with Gasteiger partial charge in [-0.1, -0.05) is 19.4 Å². The lowest BCUT2D eigenvalue weighted by Crippen LogP contribution is -2.08. The average Bonchev–Trinajstić information content (AvgIpc) is 2.67. The fraction of sp³-hybridized carbons (Fsp3) is 0.190. The molecule has 1 amide bonds. The summed E-state index contributed by atoms with van der Waals surface area (Å²) < 4.78 is 37.6. The molecule has 29 heavy (non-hydrogen) atoms. The monoisotopic (exact) mass is 400 g/mol. The first-order valence-electron chi connectivity index (χ1n) is 8.97. The summed E-state index contributed by atoms with van der Waals surface area (Å²) in [4.78, 5) is 20.0. The molecule has 0 bridgehead atoms. The summed E-state index contributed by atoms with van der Waals surface area (Å²) >= 11 is 0. The third kappa shape index (κ3) is 5.10. The molecule has 0 fully saturated rings. The molecule has 0 saturated heterocycles. The Morgan fingerprint density at radius 1 is 1.21 bits per heavy atom. The Morgan fingerprint density at radius 2 is 2.00 bits per heavy atom. The zero-order valence-electron chi connectivity index (χ0n) is 15.6. The van der Waals surface area contributed by atoms with E-state index in [1.807, 2.05) is 6.07 Å². The molecule has 0 aliphatic rings. The summed E-state index contributed by atoms with van der Waals surface area (Å²) in [6.45, 7) is 2.06. The number of nitrogens with one attached hydrogen (secondary N) is 1. The van der Waals surface area contributed by atoms with Crippen molar-refractivity contribution in [2.45, 2.75) is 25.9 Å². The van der Waals surface area contributed by atoms with Gasteiger partial charge in [0.05, 0.1) is 5.52 Å². The van der Waals surface area contributed by atoms with Gasteiger partial charge in [-0.25, -0.2) is 0 Å². The van der Waals surface area contributed by atoms with Crippen LogP contribution in [0.4, 0.5) is 24.5 Å². The van der Waals surface area contributed by atoms with Gasteiger partial charge in [-0.15, -0.1) is 0 Å². The van der Waals surface area contributed by atoms with Gasteiger partial charge in [0.2, 0.25) is 5.91 Å². The average molecular weight is 400 g/mol. The van der Waals surface area contributed by atoms with E-state index in [0.29, 0.717) is 16.9 Å². The SMILES string of the molecule is CCCc1cc(N)c2cc(NC(=O)C=Cc3ccc(C(F)(F)F)nc3)ccc2n1. The maximum Gasteiger partial charge on any atom is 0.433 e. The predicted molar refractivity (Wildman–Crippen MR) is 107 cm³/mol. The Balaban J connectivity index is 1.71. The fourth-order valence-corrected chi connectivity index (χ4v) is 2.80. The van der Waals surface area contributed by atoms with Crippen LogP contribution in [0.2, 0.25) is 0 Å². The minimum atomic E-state index is -4.50. The summed E-state index contributed by atoms with van der Waals surface area (Å²) in [5, 5.41) is 3.43. The Kier molecular flexibility index (Phi) is 5.81. The molecular weight excluding hydrogens is 381 g/mol. The van der Waals surface area contributed by atoms with E-state index < -0.39 is 17.8 Å². The number of anilines is 2. The van der Waals surface area contributed by atoms with Crippen molar-refractivity contribution in [3.8, 4) is 0 Å². The Hall–Kier alpha value is -3.42. The van der Waals surface area contributed by atoms with E-state index in [-0.39, 0.29) is 0 Å². The van der Waals surface area contributed by atoms with Crippen LogP contribution in [0, 0.1) is 0 Å². The number of nitrogen functional groups attached to an aromatic ring is 1. The summed E-state index contributed by atoms with van der Waals surface area (Å²) in [5.41, 5.74) is 8.29. The zero-order valence-corrected chi connectivity index (χ0v) is 15.6. The van der Waals surface area contributed by atoms with E-state index in [2.05, 4.69) is 22.2 Å². The van der Waals surface area contributed by atoms with Crippen molar-refractivity contribution in [2.75, 3.05) is 11.1 Å². The quantitative estimate of drug-likeness (QED) is 0.601. The van der Waals surface area contributed by atoms with E-state index in [1.54, 1.807) is 18.2 Å². The van der Waals surface area contributed by atoms with E-state index in [9.17, 15) is 18.0 Å². The van der Waals surface area contributed by atoms with Gasteiger partial charge < -0.3 is 11.1 Å². The van der Waals surface area contributed by atoms with Crippen molar-refractivity contribution in [3.05, 3.63) is 65.6 Å². The van der Waals surface area contributed by atoms with E-state index in [4.69, 9.17) is 5.73 Å². The molecule has 150 valence electrons. The third-order valence-corrected chi connectivity index (χ3v) is 4.17. The molecule has 0 unspecified atom stereocenters. The lowest BCUT2D eigenvalue weighted by molar-refractivity contribution is -0.141. The van der Waals surface area contributed by atoms with Crippen LogP contribution in [-0.2, 0) is 17.4 Å². The summed E-state index contributed by atoms with van der Waals surface area (Å²) in [6.07, 6.45) is 0.971.